The van der Waals surface area contributed by atoms with Gasteiger partial charge in [-0.25, -0.2) is 0 Å². The van der Waals surface area contributed by atoms with Crippen molar-refractivity contribution in [3.63, 3.8) is 0 Å². The first-order chi connectivity index (χ1) is 71.3. The SMILES string of the molecule is c1ccc(-c2ccc(-c3ccc(-c4ccc5c(c4)c4ccc(-c6ccc(-c7ccc(-c8ccccn8)nc7)nc6)cc4c4ccc(-c6ccc(-c7ccc(-c8ccccn8)nc7)nc6)cc54)cn3)cn2)nc1.c1cncc(-c2ccc(-c3ccc(-c4ccc5c(c4)c4ccc(-c6ccc(-c7ccc(-c8cccnc8)cn7)nc6)cc4c4ccc(-c6ccc(-c7ccc(-c8cccnc8)cn7)nc6)cc54)cn3)nc2)c1. The summed E-state index contributed by atoms with van der Waals surface area (Å²) in [5.41, 5.74) is 33.9. The van der Waals surface area contributed by atoms with Crippen LogP contribution in [0.4, 0.5) is 0 Å². The predicted molar refractivity (Wildman–Crippen MR) is 576 cm³/mol. The van der Waals surface area contributed by atoms with Crippen molar-refractivity contribution >= 4 is 64.6 Å². The summed E-state index contributed by atoms with van der Waals surface area (Å²) in [6.07, 6.45) is 39.1. The number of fused-ring (bicyclic) bond motifs is 12. The van der Waals surface area contributed by atoms with Crippen LogP contribution in [0.3, 0.4) is 0 Å². The van der Waals surface area contributed by atoms with E-state index in [4.69, 9.17) is 44.9 Å². The van der Waals surface area contributed by atoms with Crippen molar-refractivity contribution in [3.8, 4) is 202 Å². The molecule has 0 N–H and O–H groups in total. The molecule has 0 aliphatic rings. The number of benzene rings is 8. The van der Waals surface area contributed by atoms with E-state index in [2.05, 4.69) is 227 Å². The molecule has 26 aromatic rings. The first kappa shape index (κ1) is 85.7. The summed E-state index contributed by atoms with van der Waals surface area (Å²) in [5.74, 6) is 0. The van der Waals surface area contributed by atoms with Crippen LogP contribution in [0.1, 0.15) is 0 Å². The number of nitrogens with zero attached hydrogens (tertiary/aromatic N) is 18. The molecule has 8 aromatic carbocycles. The minimum Gasteiger partial charge on any atom is -0.264 e. The van der Waals surface area contributed by atoms with Crippen LogP contribution in [0.15, 0.2) is 476 Å². The zero-order valence-electron chi connectivity index (χ0n) is 77.1. The number of aromatic nitrogens is 18. The third kappa shape index (κ3) is 17.2. The molecule has 0 saturated carbocycles. The van der Waals surface area contributed by atoms with E-state index >= 15 is 0 Å². The van der Waals surface area contributed by atoms with E-state index < -0.39 is 0 Å². The molecule has 0 fully saturated rings. The van der Waals surface area contributed by atoms with E-state index in [0.29, 0.717) is 0 Å². The highest BCUT2D eigenvalue weighted by Crippen LogP contribution is 2.45. The van der Waals surface area contributed by atoms with Crippen LogP contribution in [0, 0.1) is 0 Å². The second-order valence-electron chi connectivity index (χ2n) is 35.1. The van der Waals surface area contributed by atoms with Gasteiger partial charge in [-0.2, -0.15) is 0 Å². The highest BCUT2D eigenvalue weighted by Gasteiger charge is 2.21. The quantitative estimate of drug-likeness (QED) is 0.0727. The molecule has 0 aliphatic heterocycles. The third-order valence-corrected chi connectivity index (χ3v) is 26.5. The molecular formula is C126H78N18. The van der Waals surface area contributed by atoms with Crippen LogP contribution in [0.2, 0.25) is 0 Å². The van der Waals surface area contributed by atoms with E-state index in [9.17, 15) is 0 Å². The number of rotatable bonds is 18. The van der Waals surface area contributed by atoms with E-state index in [1.165, 1.54) is 0 Å². The van der Waals surface area contributed by atoms with Gasteiger partial charge in [0.25, 0.3) is 0 Å². The maximum Gasteiger partial charge on any atom is 0.0886 e. The zero-order valence-corrected chi connectivity index (χ0v) is 77.1. The molecule has 18 heteroatoms. The molecular weight excluding hydrogens is 1770 g/mol. The topological polar surface area (TPSA) is 232 Å². The lowest BCUT2D eigenvalue weighted by molar-refractivity contribution is 1.24. The predicted octanol–water partition coefficient (Wildman–Crippen LogP) is 29.4. The molecule has 0 unspecified atom stereocenters. The molecule has 0 amide bonds. The summed E-state index contributed by atoms with van der Waals surface area (Å²) in [6, 6.07) is 119. The fraction of sp³-hybridized carbons (Fsp3) is 0. The van der Waals surface area contributed by atoms with Crippen LogP contribution < -0.4 is 0 Å². The molecule has 18 aromatic heterocycles. The highest BCUT2D eigenvalue weighted by molar-refractivity contribution is 6.28. The summed E-state index contributed by atoms with van der Waals surface area (Å²) in [7, 11) is 0. The van der Waals surface area contributed by atoms with Gasteiger partial charge in [0.2, 0.25) is 0 Å². The summed E-state index contributed by atoms with van der Waals surface area (Å²) < 4.78 is 0. The van der Waals surface area contributed by atoms with Crippen molar-refractivity contribution in [2.45, 2.75) is 0 Å². The van der Waals surface area contributed by atoms with Gasteiger partial charge in [0.15, 0.2) is 0 Å². The molecule has 672 valence electrons. The Morgan fingerprint density at radius 3 is 0.410 bits per heavy atom. The number of pyridine rings is 18. The molecule has 0 atom stereocenters. The lowest BCUT2D eigenvalue weighted by Crippen LogP contribution is -1.91. The fourth-order valence-electron chi connectivity index (χ4n) is 18.8. The van der Waals surface area contributed by atoms with E-state index in [-0.39, 0.29) is 0 Å². The Labute approximate surface area is 827 Å². The Morgan fingerprint density at radius 2 is 0.250 bits per heavy atom. The summed E-state index contributed by atoms with van der Waals surface area (Å²) in [6.45, 7) is 0. The Morgan fingerprint density at radius 1 is 0.0903 bits per heavy atom. The van der Waals surface area contributed by atoms with Crippen molar-refractivity contribution in [2.75, 3.05) is 0 Å². The molecule has 144 heavy (non-hydrogen) atoms. The Kier molecular flexibility index (Phi) is 22.5. The van der Waals surface area contributed by atoms with Crippen molar-refractivity contribution < 1.29 is 0 Å². The Bertz CT molecular complexity index is 7750. The standard InChI is InChI=1S/2C63H39N9/c1-4-43(31-64-25-1)49-13-22-61(70-37-49)58-19-10-46(34-67-58)40-7-16-52-55(28-40)53-17-8-41(47-11-20-59(68-35-47)62-23-14-50(38-71-62)44-5-2-26-65-32-44)30-57(53)54-18-9-42(29-56(52)54)48-12-21-60(69-36-48)63-24-15-51(39-72-63)45-6-3-27-66-33-45;1-4-28-64-58(7-1)61-25-16-46(37-70-61)55-22-13-43(34-67-55)40-10-19-49-52(31-40)50-20-11-41(44-14-23-56(68-35-44)47-17-26-62(71-38-47)59-8-2-5-29-65-59)33-54(50)51-21-12-42(32-53(49)51)45-15-24-57(69-36-45)48-18-27-63(72-39-48)60-9-3-6-30-66-60/h2*1-39H. The van der Waals surface area contributed by atoms with E-state index in [1.807, 2.05) is 257 Å². The number of hydrogen-bond donors (Lipinski definition) is 0. The first-order valence-corrected chi connectivity index (χ1v) is 47.2. The summed E-state index contributed by atoms with van der Waals surface area (Å²) >= 11 is 0. The van der Waals surface area contributed by atoms with Gasteiger partial charge in [-0.05, 0) is 280 Å². The van der Waals surface area contributed by atoms with Crippen molar-refractivity contribution in [3.05, 3.63) is 476 Å². The first-order valence-electron chi connectivity index (χ1n) is 47.2. The second kappa shape index (κ2) is 37.8. The molecule has 18 heterocycles. The Hall–Kier alpha value is -20.0. The normalized spacial score (nSPS) is 11.3. The van der Waals surface area contributed by atoms with Gasteiger partial charge < -0.3 is 0 Å². The maximum atomic E-state index is 4.91. The van der Waals surface area contributed by atoms with Gasteiger partial charge in [-0.3, -0.25) is 89.7 Å². The smallest absolute Gasteiger partial charge is 0.0886 e. The third-order valence-electron chi connectivity index (χ3n) is 26.5. The van der Waals surface area contributed by atoms with Crippen LogP contribution in [-0.4, -0.2) is 89.7 Å². The average Bonchev–Trinajstić information content (AvgIpc) is 0.733. The molecule has 0 aliphatic carbocycles. The minimum absolute atomic E-state index is 0.809. The van der Waals surface area contributed by atoms with Crippen LogP contribution in [0.25, 0.3) is 267 Å². The lowest BCUT2D eigenvalue weighted by atomic mass is 9.89. The lowest BCUT2D eigenvalue weighted by Gasteiger charge is -2.15. The molecule has 0 spiro atoms. The molecule has 18 nitrogen and oxygen atoms in total. The average molecular weight is 1840 g/mol. The minimum atomic E-state index is 0.809. The molecule has 0 saturated heterocycles. The van der Waals surface area contributed by atoms with Crippen LogP contribution >= 0.6 is 0 Å². The molecule has 0 bridgehead atoms. The van der Waals surface area contributed by atoms with Crippen molar-refractivity contribution in [1.29, 1.82) is 0 Å². The summed E-state index contributed by atoms with van der Waals surface area (Å²) in [5, 5.41) is 13.9. The van der Waals surface area contributed by atoms with Crippen LogP contribution in [-0.2, 0) is 0 Å². The van der Waals surface area contributed by atoms with Gasteiger partial charge in [-0.1, -0.05) is 164 Å². The van der Waals surface area contributed by atoms with E-state index in [0.717, 1.165) is 267 Å². The Balaban J connectivity index is 0.000000151. The van der Waals surface area contributed by atoms with Gasteiger partial charge in [-0.15, -0.1) is 0 Å². The number of hydrogen-bond acceptors (Lipinski definition) is 18. The fourth-order valence-corrected chi connectivity index (χ4v) is 18.8. The van der Waals surface area contributed by atoms with Gasteiger partial charge in [0.1, 0.15) is 0 Å². The van der Waals surface area contributed by atoms with Crippen molar-refractivity contribution in [2.24, 2.45) is 0 Å². The summed E-state index contributed by atoms with van der Waals surface area (Å²) in [4.78, 5) is 83.8. The molecule has 26 rings (SSSR count). The second-order valence-corrected chi connectivity index (χ2v) is 35.1. The highest BCUT2D eigenvalue weighted by atomic mass is 14.8. The van der Waals surface area contributed by atoms with Gasteiger partial charge in [0, 0.05) is 214 Å². The zero-order chi connectivity index (χ0) is 95.6. The van der Waals surface area contributed by atoms with Crippen molar-refractivity contribution in [1.82, 2.24) is 89.7 Å². The molecule has 0 radical (unpaired) electrons. The van der Waals surface area contributed by atoms with Gasteiger partial charge >= 0.3 is 0 Å². The largest absolute Gasteiger partial charge is 0.264 e. The maximum absolute atomic E-state index is 4.91. The van der Waals surface area contributed by atoms with E-state index in [1.54, 1.807) is 37.2 Å². The van der Waals surface area contributed by atoms with Gasteiger partial charge in [0.05, 0.1) is 85.4 Å². The van der Waals surface area contributed by atoms with Crippen LogP contribution in [0.5, 0.6) is 0 Å². The monoisotopic (exact) mass is 1840 g/mol.